The van der Waals surface area contributed by atoms with Crippen molar-refractivity contribution >= 4 is 53.9 Å². The van der Waals surface area contributed by atoms with Crippen LogP contribution in [0.4, 0.5) is 0 Å². The summed E-state index contributed by atoms with van der Waals surface area (Å²) in [5.74, 6) is 0. The van der Waals surface area contributed by atoms with Crippen molar-refractivity contribution in [2.24, 2.45) is 0 Å². The van der Waals surface area contributed by atoms with Gasteiger partial charge in [0.1, 0.15) is 0 Å². The largest absolute Gasteiger partial charge is 0.0616 e. The monoisotopic (exact) mass is 556 g/mol. The van der Waals surface area contributed by atoms with E-state index in [1.54, 1.807) is 0 Å². The van der Waals surface area contributed by atoms with E-state index in [0.29, 0.717) is 0 Å². The van der Waals surface area contributed by atoms with Crippen LogP contribution in [0.2, 0.25) is 0 Å². The van der Waals surface area contributed by atoms with Gasteiger partial charge in [0, 0.05) is 0 Å². The molecule has 44 heavy (non-hydrogen) atoms. The van der Waals surface area contributed by atoms with Gasteiger partial charge in [-0.1, -0.05) is 152 Å². The molecule has 0 heteroatoms. The van der Waals surface area contributed by atoms with E-state index < -0.39 is 0 Å². The summed E-state index contributed by atoms with van der Waals surface area (Å²) in [6, 6.07) is 62.3. The maximum Gasteiger partial charge on any atom is -0.00923 e. The lowest BCUT2D eigenvalue weighted by molar-refractivity contribution is 1.63. The summed E-state index contributed by atoms with van der Waals surface area (Å²) >= 11 is 0. The molecule has 0 aliphatic heterocycles. The first-order valence-corrected chi connectivity index (χ1v) is 15.3. The highest BCUT2D eigenvalue weighted by atomic mass is 14.2. The molecule has 204 valence electrons. The summed E-state index contributed by atoms with van der Waals surface area (Å²) in [4.78, 5) is 0. The van der Waals surface area contributed by atoms with Crippen LogP contribution in [-0.4, -0.2) is 0 Å². The maximum absolute atomic E-state index is 2.42. The lowest BCUT2D eigenvalue weighted by atomic mass is 9.86. The highest BCUT2D eigenvalue weighted by Crippen LogP contribution is 2.43. The van der Waals surface area contributed by atoms with Crippen molar-refractivity contribution in [3.05, 3.63) is 170 Å². The first-order valence-electron chi connectivity index (χ1n) is 15.3. The van der Waals surface area contributed by atoms with Gasteiger partial charge in [-0.25, -0.2) is 0 Å². The number of fused-ring (bicyclic) bond motifs is 7. The lowest BCUT2D eigenvalue weighted by Crippen LogP contribution is -1.90. The zero-order valence-electron chi connectivity index (χ0n) is 24.2. The average molecular weight is 557 g/mol. The summed E-state index contributed by atoms with van der Waals surface area (Å²) in [5.41, 5.74) is 7.53. The van der Waals surface area contributed by atoms with Crippen molar-refractivity contribution in [3.63, 3.8) is 0 Å². The SMILES string of the molecule is c1ccc2cc(-c3ccc(-c4cc5c6ccccc6c(-c6cccc7ccccc67)cc5c5ccccc45)cc3)ccc2c1. The Morgan fingerprint density at radius 2 is 0.705 bits per heavy atom. The van der Waals surface area contributed by atoms with Crippen LogP contribution in [0.1, 0.15) is 0 Å². The Morgan fingerprint density at radius 3 is 1.43 bits per heavy atom. The third-order valence-electron chi connectivity index (χ3n) is 9.24. The molecule has 0 saturated carbocycles. The molecule has 0 atom stereocenters. The molecular weight excluding hydrogens is 528 g/mol. The molecule has 0 aromatic heterocycles. The molecule has 0 spiro atoms. The Labute approximate surface area is 256 Å². The third-order valence-corrected chi connectivity index (χ3v) is 9.24. The second-order valence-corrected chi connectivity index (χ2v) is 11.7. The molecule has 9 aromatic rings. The van der Waals surface area contributed by atoms with E-state index in [0.717, 1.165) is 0 Å². The number of hydrogen-bond donors (Lipinski definition) is 0. The quantitative estimate of drug-likeness (QED) is 0.190. The van der Waals surface area contributed by atoms with E-state index >= 15 is 0 Å². The normalized spacial score (nSPS) is 11.6. The highest BCUT2D eigenvalue weighted by Gasteiger charge is 2.15. The summed E-state index contributed by atoms with van der Waals surface area (Å²) in [5, 5.41) is 12.8. The standard InChI is InChI=1S/C44H28/c1-2-12-33-26-34(25-22-29(33)10-1)30-20-23-32(24-21-30)41-27-43-40-18-8-7-17-39(40)42(28-44(43)38-16-6-5-15-37(38)41)36-19-9-13-31-11-3-4-14-35(31)36/h1-28H. The van der Waals surface area contributed by atoms with Gasteiger partial charge in [0.05, 0.1) is 0 Å². The van der Waals surface area contributed by atoms with Gasteiger partial charge in [0.25, 0.3) is 0 Å². The van der Waals surface area contributed by atoms with Gasteiger partial charge in [0.15, 0.2) is 0 Å². The van der Waals surface area contributed by atoms with Crippen molar-refractivity contribution < 1.29 is 0 Å². The van der Waals surface area contributed by atoms with Crippen molar-refractivity contribution in [2.75, 3.05) is 0 Å². The Balaban J connectivity index is 1.26. The minimum Gasteiger partial charge on any atom is -0.0616 e. The molecular formula is C44H28. The number of hydrogen-bond acceptors (Lipinski definition) is 0. The average Bonchev–Trinajstić information content (AvgIpc) is 3.10. The molecule has 0 fully saturated rings. The Bertz CT molecular complexity index is 2530. The fourth-order valence-corrected chi connectivity index (χ4v) is 7.08. The molecule has 0 N–H and O–H groups in total. The summed E-state index contributed by atoms with van der Waals surface area (Å²) in [6.45, 7) is 0. The van der Waals surface area contributed by atoms with Gasteiger partial charge in [-0.2, -0.15) is 0 Å². The molecule has 0 unspecified atom stereocenters. The molecule has 0 aliphatic carbocycles. The van der Waals surface area contributed by atoms with Crippen LogP contribution < -0.4 is 0 Å². The van der Waals surface area contributed by atoms with Crippen molar-refractivity contribution in [2.45, 2.75) is 0 Å². The summed E-state index contributed by atoms with van der Waals surface area (Å²) in [6.07, 6.45) is 0. The Kier molecular flexibility index (Phi) is 5.61. The van der Waals surface area contributed by atoms with Crippen LogP contribution in [0.5, 0.6) is 0 Å². The Morgan fingerprint density at radius 1 is 0.205 bits per heavy atom. The molecule has 0 heterocycles. The van der Waals surface area contributed by atoms with E-state index in [9.17, 15) is 0 Å². The van der Waals surface area contributed by atoms with Gasteiger partial charge < -0.3 is 0 Å². The minimum atomic E-state index is 1.23. The molecule has 0 radical (unpaired) electrons. The molecule has 0 saturated heterocycles. The zero-order valence-corrected chi connectivity index (χ0v) is 24.2. The molecule has 0 nitrogen and oxygen atoms in total. The molecule has 0 amide bonds. The van der Waals surface area contributed by atoms with Crippen molar-refractivity contribution in [1.82, 2.24) is 0 Å². The van der Waals surface area contributed by atoms with E-state index in [-0.39, 0.29) is 0 Å². The predicted molar refractivity (Wildman–Crippen MR) is 190 cm³/mol. The summed E-state index contributed by atoms with van der Waals surface area (Å²) < 4.78 is 0. The van der Waals surface area contributed by atoms with Crippen LogP contribution in [0.25, 0.3) is 87.2 Å². The smallest absolute Gasteiger partial charge is 0.00923 e. The second kappa shape index (κ2) is 9.93. The van der Waals surface area contributed by atoms with Crippen LogP contribution in [0, 0.1) is 0 Å². The van der Waals surface area contributed by atoms with Crippen LogP contribution in [0.3, 0.4) is 0 Å². The number of rotatable bonds is 3. The lowest BCUT2D eigenvalue weighted by Gasteiger charge is -2.17. The first-order chi connectivity index (χ1) is 21.8. The van der Waals surface area contributed by atoms with Crippen molar-refractivity contribution in [1.29, 1.82) is 0 Å². The molecule has 0 bridgehead atoms. The molecule has 9 aromatic carbocycles. The van der Waals surface area contributed by atoms with E-state index in [1.165, 1.54) is 87.2 Å². The van der Waals surface area contributed by atoms with Gasteiger partial charge in [-0.05, 0) is 105 Å². The van der Waals surface area contributed by atoms with Crippen LogP contribution in [0.15, 0.2) is 170 Å². The van der Waals surface area contributed by atoms with Gasteiger partial charge in [0.2, 0.25) is 0 Å². The van der Waals surface area contributed by atoms with Crippen LogP contribution >= 0.6 is 0 Å². The topological polar surface area (TPSA) is 0 Å². The minimum absolute atomic E-state index is 1.23. The van der Waals surface area contributed by atoms with E-state index in [2.05, 4.69) is 170 Å². The van der Waals surface area contributed by atoms with Gasteiger partial charge >= 0.3 is 0 Å². The highest BCUT2D eigenvalue weighted by molar-refractivity contribution is 6.24. The van der Waals surface area contributed by atoms with Crippen LogP contribution in [-0.2, 0) is 0 Å². The predicted octanol–water partition coefficient (Wildman–Crippen LogP) is 12.5. The number of benzene rings is 9. The Hall–Kier alpha value is -5.72. The van der Waals surface area contributed by atoms with E-state index in [4.69, 9.17) is 0 Å². The van der Waals surface area contributed by atoms with Gasteiger partial charge in [-0.15, -0.1) is 0 Å². The molecule has 0 aliphatic rings. The maximum atomic E-state index is 2.42. The zero-order chi connectivity index (χ0) is 29.0. The van der Waals surface area contributed by atoms with Crippen molar-refractivity contribution in [3.8, 4) is 33.4 Å². The molecule has 9 rings (SSSR count). The van der Waals surface area contributed by atoms with E-state index in [1.807, 2.05) is 0 Å². The fraction of sp³-hybridized carbons (Fsp3) is 0. The first kappa shape index (κ1) is 24.8. The second-order valence-electron chi connectivity index (χ2n) is 11.7. The summed E-state index contributed by atoms with van der Waals surface area (Å²) in [7, 11) is 0. The van der Waals surface area contributed by atoms with Gasteiger partial charge in [-0.3, -0.25) is 0 Å². The third kappa shape index (κ3) is 3.92. The fourth-order valence-electron chi connectivity index (χ4n) is 7.08.